The first-order valence-electron chi connectivity index (χ1n) is 8.51. The van der Waals surface area contributed by atoms with Crippen LogP contribution in [0, 0.1) is 0 Å². The van der Waals surface area contributed by atoms with E-state index in [1.165, 1.54) is 0 Å². The molecule has 1 fully saturated rings. The van der Waals surface area contributed by atoms with Crippen molar-refractivity contribution in [1.29, 1.82) is 0 Å². The fourth-order valence-corrected chi connectivity index (χ4v) is 4.56. The molecule has 1 N–H and O–H groups in total. The molecule has 2 atom stereocenters. The molecule has 5 heteroatoms. The van der Waals surface area contributed by atoms with Crippen LogP contribution >= 0.6 is 0 Å². The molecular formula is C18H28N2O2Si. The number of hydrogen-bond acceptors (Lipinski definition) is 3. The molecule has 0 aromatic heterocycles. The molecule has 4 nitrogen and oxygen atoms in total. The summed E-state index contributed by atoms with van der Waals surface area (Å²) in [6.07, 6.45) is 1.09. The van der Waals surface area contributed by atoms with Gasteiger partial charge in [0.05, 0.1) is 17.7 Å². The summed E-state index contributed by atoms with van der Waals surface area (Å²) in [5.41, 5.74) is 1.73. The van der Waals surface area contributed by atoms with Crippen molar-refractivity contribution < 1.29 is 9.22 Å². The monoisotopic (exact) mass is 332 g/mol. The standard InChI is InChI=1S/C18H28N2O2Si/c1-18(2,3)23(4,5)22-14-10-13-11-19-16-9-7-6-8-15(16)17(21)20(13)12-14/h6-9,13-14,19H,10-12H2,1-5H3/t13-,14+/m0/s1. The lowest BCUT2D eigenvalue weighted by molar-refractivity contribution is 0.0731. The number of benzene rings is 1. The number of nitrogens with zero attached hydrogens (tertiary/aromatic N) is 1. The van der Waals surface area contributed by atoms with Gasteiger partial charge in [-0.1, -0.05) is 32.9 Å². The minimum atomic E-state index is -1.80. The van der Waals surface area contributed by atoms with E-state index < -0.39 is 8.32 Å². The van der Waals surface area contributed by atoms with Gasteiger partial charge in [0, 0.05) is 18.8 Å². The Kier molecular flexibility index (Phi) is 4.05. The lowest BCUT2D eigenvalue weighted by Gasteiger charge is -2.38. The number of carbonyl (C=O) groups excluding carboxylic acids is 1. The van der Waals surface area contributed by atoms with E-state index in [0.29, 0.717) is 6.54 Å². The third kappa shape index (κ3) is 3.04. The Hall–Kier alpha value is -1.33. The van der Waals surface area contributed by atoms with Crippen LogP contribution in [-0.4, -0.2) is 44.4 Å². The van der Waals surface area contributed by atoms with Gasteiger partial charge in [0.15, 0.2) is 8.32 Å². The molecular weight excluding hydrogens is 304 g/mol. The fourth-order valence-electron chi connectivity index (χ4n) is 3.20. The lowest BCUT2D eigenvalue weighted by Crippen LogP contribution is -2.44. The Morgan fingerprint density at radius 3 is 2.65 bits per heavy atom. The van der Waals surface area contributed by atoms with E-state index in [9.17, 15) is 4.79 Å². The number of carbonyl (C=O) groups is 1. The molecule has 2 aliphatic rings. The third-order valence-corrected chi connectivity index (χ3v) is 10.1. The van der Waals surface area contributed by atoms with Crippen LogP contribution in [0.4, 0.5) is 5.69 Å². The maximum absolute atomic E-state index is 12.9. The van der Waals surface area contributed by atoms with E-state index in [2.05, 4.69) is 39.2 Å². The molecule has 1 saturated heterocycles. The van der Waals surface area contributed by atoms with E-state index in [1.54, 1.807) is 0 Å². The van der Waals surface area contributed by atoms with Crippen molar-refractivity contribution in [2.45, 2.75) is 57.5 Å². The largest absolute Gasteiger partial charge is 0.412 e. The number of para-hydroxylation sites is 1. The normalized spacial score (nSPS) is 24.7. The van der Waals surface area contributed by atoms with Gasteiger partial charge in [-0.15, -0.1) is 0 Å². The number of amides is 1. The average Bonchev–Trinajstić information content (AvgIpc) is 2.80. The Morgan fingerprint density at radius 2 is 1.96 bits per heavy atom. The minimum Gasteiger partial charge on any atom is -0.412 e. The molecule has 2 heterocycles. The summed E-state index contributed by atoms with van der Waals surface area (Å²) in [6, 6.07) is 8.02. The van der Waals surface area contributed by atoms with E-state index in [-0.39, 0.29) is 23.1 Å². The van der Waals surface area contributed by atoms with Crippen LogP contribution in [0.1, 0.15) is 37.6 Å². The second-order valence-corrected chi connectivity index (χ2v) is 13.0. The number of hydrogen-bond donors (Lipinski definition) is 1. The molecule has 2 aliphatic heterocycles. The van der Waals surface area contributed by atoms with Crippen molar-refractivity contribution in [1.82, 2.24) is 4.90 Å². The molecule has 0 saturated carbocycles. The number of anilines is 1. The van der Waals surface area contributed by atoms with Gasteiger partial charge in [-0.2, -0.15) is 0 Å². The van der Waals surface area contributed by atoms with Gasteiger partial charge >= 0.3 is 0 Å². The molecule has 1 aromatic carbocycles. The van der Waals surface area contributed by atoms with E-state index in [0.717, 1.165) is 24.2 Å². The highest BCUT2D eigenvalue weighted by Crippen LogP contribution is 2.39. The van der Waals surface area contributed by atoms with E-state index >= 15 is 0 Å². The van der Waals surface area contributed by atoms with Crippen molar-refractivity contribution >= 4 is 19.9 Å². The molecule has 3 rings (SSSR count). The van der Waals surface area contributed by atoms with Crippen molar-refractivity contribution in [2.24, 2.45) is 0 Å². The second-order valence-electron chi connectivity index (χ2n) is 8.27. The molecule has 0 radical (unpaired) electrons. The average molecular weight is 333 g/mol. The van der Waals surface area contributed by atoms with Crippen LogP contribution in [0.15, 0.2) is 24.3 Å². The summed E-state index contributed by atoms with van der Waals surface area (Å²) in [7, 11) is -1.80. The summed E-state index contributed by atoms with van der Waals surface area (Å²) in [5, 5.41) is 3.63. The van der Waals surface area contributed by atoms with Crippen LogP contribution in [0.5, 0.6) is 0 Å². The summed E-state index contributed by atoms with van der Waals surface area (Å²) in [5.74, 6) is 0.136. The summed E-state index contributed by atoms with van der Waals surface area (Å²) >= 11 is 0. The first kappa shape index (κ1) is 16.5. The number of nitrogens with one attached hydrogen (secondary N) is 1. The Morgan fingerprint density at radius 1 is 1.26 bits per heavy atom. The van der Waals surface area contributed by atoms with Gasteiger partial charge in [-0.3, -0.25) is 4.79 Å². The van der Waals surface area contributed by atoms with E-state index in [1.807, 2.05) is 29.2 Å². The molecule has 0 unspecified atom stereocenters. The fraction of sp³-hybridized carbons (Fsp3) is 0.611. The Bertz CT molecular complexity index is 609. The predicted molar refractivity (Wildman–Crippen MR) is 96.4 cm³/mol. The predicted octanol–water partition coefficient (Wildman–Crippen LogP) is 3.72. The van der Waals surface area contributed by atoms with Crippen LogP contribution in [0.3, 0.4) is 0 Å². The van der Waals surface area contributed by atoms with Crippen LogP contribution in [-0.2, 0) is 4.43 Å². The SMILES string of the molecule is CC(C)(C)[Si](C)(C)O[C@@H]1C[C@H]2CNc3ccccc3C(=O)N2C1. The highest BCUT2D eigenvalue weighted by molar-refractivity contribution is 6.74. The summed E-state index contributed by atoms with van der Waals surface area (Å²) in [6.45, 7) is 12.9. The summed E-state index contributed by atoms with van der Waals surface area (Å²) in [4.78, 5) is 14.9. The molecule has 1 aromatic rings. The minimum absolute atomic E-state index is 0.136. The van der Waals surface area contributed by atoms with Crippen molar-refractivity contribution in [3.63, 3.8) is 0 Å². The zero-order valence-electron chi connectivity index (χ0n) is 14.8. The molecule has 0 aliphatic carbocycles. The van der Waals surface area contributed by atoms with Crippen molar-refractivity contribution in [3.05, 3.63) is 29.8 Å². The first-order valence-corrected chi connectivity index (χ1v) is 11.4. The third-order valence-electron chi connectivity index (χ3n) is 5.59. The van der Waals surface area contributed by atoms with Crippen molar-refractivity contribution in [3.8, 4) is 0 Å². The number of rotatable bonds is 2. The second kappa shape index (κ2) is 5.63. The van der Waals surface area contributed by atoms with Crippen LogP contribution in [0.25, 0.3) is 0 Å². The zero-order chi connectivity index (χ0) is 16.8. The zero-order valence-corrected chi connectivity index (χ0v) is 15.8. The first-order chi connectivity index (χ1) is 10.7. The van der Waals surface area contributed by atoms with Gasteiger partial charge < -0.3 is 14.6 Å². The van der Waals surface area contributed by atoms with Gasteiger partial charge in [-0.05, 0) is 36.7 Å². The molecule has 126 valence electrons. The number of fused-ring (bicyclic) bond motifs is 2. The molecule has 0 bridgehead atoms. The van der Waals surface area contributed by atoms with Gasteiger partial charge in [-0.25, -0.2) is 0 Å². The highest BCUT2D eigenvalue weighted by Gasteiger charge is 2.44. The summed E-state index contributed by atoms with van der Waals surface area (Å²) < 4.78 is 6.55. The molecule has 1 amide bonds. The van der Waals surface area contributed by atoms with Gasteiger partial charge in [0.1, 0.15) is 0 Å². The molecule has 23 heavy (non-hydrogen) atoms. The lowest BCUT2D eigenvalue weighted by atomic mass is 10.1. The van der Waals surface area contributed by atoms with Crippen LogP contribution < -0.4 is 5.32 Å². The van der Waals surface area contributed by atoms with Crippen molar-refractivity contribution in [2.75, 3.05) is 18.4 Å². The smallest absolute Gasteiger partial charge is 0.256 e. The highest BCUT2D eigenvalue weighted by atomic mass is 28.4. The Balaban J connectivity index is 1.76. The maximum Gasteiger partial charge on any atom is 0.256 e. The van der Waals surface area contributed by atoms with E-state index in [4.69, 9.17) is 4.43 Å². The van der Waals surface area contributed by atoms with Gasteiger partial charge in [0.2, 0.25) is 0 Å². The Labute approximate surface area is 140 Å². The maximum atomic E-state index is 12.9. The van der Waals surface area contributed by atoms with Crippen LogP contribution in [0.2, 0.25) is 18.1 Å². The quantitative estimate of drug-likeness (QED) is 0.839. The van der Waals surface area contributed by atoms with Gasteiger partial charge in [0.25, 0.3) is 5.91 Å². The molecule has 0 spiro atoms. The topological polar surface area (TPSA) is 41.6 Å².